The SMILES string of the molecule is COc1ccc2c(c1)ncn2Cc1ccc(-c2noc(C(F)(F)F)n2)s1. The number of imidazole rings is 1. The number of fused-ring (bicyclic) bond motifs is 1. The highest BCUT2D eigenvalue weighted by molar-refractivity contribution is 7.15. The van der Waals surface area contributed by atoms with Crippen molar-refractivity contribution in [1.29, 1.82) is 0 Å². The van der Waals surface area contributed by atoms with E-state index in [9.17, 15) is 13.2 Å². The summed E-state index contributed by atoms with van der Waals surface area (Å²) in [6.45, 7) is 0.525. The first-order chi connectivity index (χ1) is 12.4. The molecular formula is C16H11F3N4O2S. The fourth-order valence-electron chi connectivity index (χ4n) is 2.49. The van der Waals surface area contributed by atoms with Gasteiger partial charge in [0.2, 0.25) is 5.82 Å². The number of hydrogen-bond donors (Lipinski definition) is 0. The van der Waals surface area contributed by atoms with E-state index in [1.165, 1.54) is 11.3 Å². The molecule has 26 heavy (non-hydrogen) atoms. The minimum atomic E-state index is -4.65. The first-order valence-corrected chi connectivity index (χ1v) is 8.24. The Balaban J connectivity index is 1.58. The normalized spacial score (nSPS) is 12.0. The molecule has 0 saturated heterocycles. The Kier molecular flexibility index (Phi) is 3.91. The fourth-order valence-corrected chi connectivity index (χ4v) is 3.42. The Morgan fingerprint density at radius 1 is 1.23 bits per heavy atom. The smallest absolute Gasteiger partial charge is 0.471 e. The number of nitrogens with zero attached hydrogens (tertiary/aromatic N) is 4. The lowest BCUT2D eigenvalue weighted by Crippen LogP contribution is -2.04. The summed E-state index contributed by atoms with van der Waals surface area (Å²) in [5, 5.41) is 3.40. The minimum Gasteiger partial charge on any atom is -0.497 e. The molecule has 0 saturated carbocycles. The molecule has 6 nitrogen and oxygen atoms in total. The number of aromatic nitrogens is 4. The summed E-state index contributed by atoms with van der Waals surface area (Å²) in [5.74, 6) is -0.704. The Morgan fingerprint density at radius 2 is 2.08 bits per heavy atom. The van der Waals surface area contributed by atoms with Crippen molar-refractivity contribution < 1.29 is 22.4 Å². The van der Waals surface area contributed by atoms with Gasteiger partial charge in [0.1, 0.15) is 5.75 Å². The molecule has 4 aromatic rings. The van der Waals surface area contributed by atoms with Crippen LogP contribution in [0.4, 0.5) is 13.2 Å². The summed E-state index contributed by atoms with van der Waals surface area (Å²) in [5.41, 5.74) is 1.73. The van der Waals surface area contributed by atoms with Crippen molar-refractivity contribution in [1.82, 2.24) is 19.7 Å². The molecule has 0 radical (unpaired) electrons. The van der Waals surface area contributed by atoms with Gasteiger partial charge in [-0.05, 0) is 24.3 Å². The van der Waals surface area contributed by atoms with Crippen LogP contribution in [0, 0.1) is 0 Å². The molecule has 0 N–H and O–H groups in total. The predicted molar refractivity (Wildman–Crippen MR) is 88.0 cm³/mol. The molecule has 0 aliphatic carbocycles. The van der Waals surface area contributed by atoms with Gasteiger partial charge in [-0.3, -0.25) is 0 Å². The summed E-state index contributed by atoms with van der Waals surface area (Å²) in [7, 11) is 1.59. The monoisotopic (exact) mass is 380 g/mol. The molecule has 3 heterocycles. The highest BCUT2D eigenvalue weighted by Crippen LogP contribution is 2.32. The highest BCUT2D eigenvalue weighted by atomic mass is 32.1. The number of rotatable bonds is 4. The first-order valence-electron chi connectivity index (χ1n) is 7.43. The lowest BCUT2D eigenvalue weighted by molar-refractivity contribution is -0.159. The van der Waals surface area contributed by atoms with Gasteiger partial charge in [0.05, 0.1) is 35.9 Å². The quantitative estimate of drug-likeness (QED) is 0.530. The highest BCUT2D eigenvalue weighted by Gasteiger charge is 2.38. The molecule has 0 spiro atoms. The van der Waals surface area contributed by atoms with Gasteiger partial charge in [0.25, 0.3) is 0 Å². The zero-order valence-electron chi connectivity index (χ0n) is 13.3. The second-order valence-electron chi connectivity index (χ2n) is 5.41. The lowest BCUT2D eigenvalue weighted by Gasteiger charge is -2.03. The first kappa shape index (κ1) is 16.6. The number of hydrogen-bond acceptors (Lipinski definition) is 6. The number of alkyl halides is 3. The zero-order valence-corrected chi connectivity index (χ0v) is 14.1. The molecule has 0 aliphatic heterocycles. The third-order valence-corrected chi connectivity index (χ3v) is 4.77. The summed E-state index contributed by atoms with van der Waals surface area (Å²) < 4.78 is 49.1. The van der Waals surface area contributed by atoms with Crippen LogP contribution in [0.25, 0.3) is 21.7 Å². The Morgan fingerprint density at radius 3 is 2.81 bits per heavy atom. The topological polar surface area (TPSA) is 66.0 Å². The van der Waals surface area contributed by atoms with Crippen molar-refractivity contribution in [3.05, 3.63) is 47.4 Å². The van der Waals surface area contributed by atoms with Crippen molar-refractivity contribution in [2.75, 3.05) is 7.11 Å². The number of thiophene rings is 1. The van der Waals surface area contributed by atoms with Gasteiger partial charge in [0, 0.05) is 10.9 Å². The molecule has 4 rings (SSSR count). The van der Waals surface area contributed by atoms with Crippen LogP contribution in [0.5, 0.6) is 5.75 Å². The maximum atomic E-state index is 12.6. The van der Waals surface area contributed by atoms with Crippen LogP contribution in [0.3, 0.4) is 0 Å². The van der Waals surface area contributed by atoms with E-state index < -0.39 is 12.1 Å². The van der Waals surface area contributed by atoms with Gasteiger partial charge in [-0.15, -0.1) is 11.3 Å². The Labute approximate surface area is 148 Å². The maximum absolute atomic E-state index is 12.6. The second-order valence-corrected chi connectivity index (χ2v) is 6.58. The molecule has 0 bridgehead atoms. The van der Waals surface area contributed by atoms with E-state index in [4.69, 9.17) is 4.74 Å². The van der Waals surface area contributed by atoms with Crippen LogP contribution in [-0.4, -0.2) is 26.8 Å². The van der Waals surface area contributed by atoms with E-state index >= 15 is 0 Å². The average Bonchev–Trinajstić information content (AvgIpc) is 3.33. The van der Waals surface area contributed by atoms with Gasteiger partial charge in [-0.2, -0.15) is 18.2 Å². The molecular weight excluding hydrogens is 369 g/mol. The van der Waals surface area contributed by atoms with Crippen LogP contribution in [0.2, 0.25) is 0 Å². The molecule has 0 aliphatic rings. The molecule has 0 fully saturated rings. The minimum absolute atomic E-state index is 0.0752. The maximum Gasteiger partial charge on any atom is 0.471 e. The van der Waals surface area contributed by atoms with E-state index in [1.54, 1.807) is 19.5 Å². The largest absolute Gasteiger partial charge is 0.497 e. The summed E-state index contributed by atoms with van der Waals surface area (Å²) in [6.07, 6.45) is -2.94. The molecule has 0 unspecified atom stereocenters. The Bertz CT molecular complexity index is 1070. The van der Waals surface area contributed by atoms with E-state index in [-0.39, 0.29) is 5.82 Å². The average molecular weight is 380 g/mol. The molecule has 0 amide bonds. The standard InChI is InChI=1S/C16H11F3N4O2S/c1-24-9-2-4-12-11(6-9)20-8-23(12)7-10-3-5-13(26-10)14-21-15(25-22-14)16(17,18)19/h2-6,8H,7H2,1H3. The third kappa shape index (κ3) is 3.03. The van der Waals surface area contributed by atoms with E-state index in [0.717, 1.165) is 21.7 Å². The van der Waals surface area contributed by atoms with Gasteiger partial charge in [-0.1, -0.05) is 5.16 Å². The third-order valence-electron chi connectivity index (χ3n) is 3.70. The van der Waals surface area contributed by atoms with Crippen molar-refractivity contribution in [2.45, 2.75) is 12.7 Å². The number of methoxy groups -OCH3 is 1. The second kappa shape index (κ2) is 6.13. The van der Waals surface area contributed by atoms with Gasteiger partial charge in [0.15, 0.2) is 0 Å². The van der Waals surface area contributed by atoms with Gasteiger partial charge in [-0.25, -0.2) is 4.98 Å². The Hall–Kier alpha value is -2.88. The number of halogens is 3. The van der Waals surface area contributed by atoms with E-state index in [2.05, 4.69) is 19.6 Å². The van der Waals surface area contributed by atoms with Gasteiger partial charge < -0.3 is 13.8 Å². The zero-order chi connectivity index (χ0) is 18.3. The van der Waals surface area contributed by atoms with Crippen LogP contribution >= 0.6 is 11.3 Å². The summed E-state index contributed by atoms with van der Waals surface area (Å²) >= 11 is 1.30. The van der Waals surface area contributed by atoms with Crippen molar-refractivity contribution in [3.8, 4) is 16.5 Å². The molecule has 134 valence electrons. The summed E-state index contributed by atoms with van der Waals surface area (Å²) in [4.78, 5) is 9.18. The summed E-state index contributed by atoms with van der Waals surface area (Å²) in [6, 6.07) is 9.08. The van der Waals surface area contributed by atoms with Crippen LogP contribution in [-0.2, 0) is 12.7 Å². The molecule has 1 aromatic carbocycles. The number of benzene rings is 1. The fraction of sp³-hybridized carbons (Fsp3) is 0.188. The molecule has 3 aromatic heterocycles. The van der Waals surface area contributed by atoms with E-state index in [0.29, 0.717) is 11.4 Å². The molecule has 0 atom stereocenters. The van der Waals surface area contributed by atoms with Crippen LogP contribution < -0.4 is 4.74 Å². The van der Waals surface area contributed by atoms with Crippen LogP contribution in [0.15, 0.2) is 41.2 Å². The molecule has 10 heteroatoms. The van der Waals surface area contributed by atoms with Crippen LogP contribution in [0.1, 0.15) is 10.8 Å². The lowest BCUT2D eigenvalue weighted by atomic mass is 10.3. The van der Waals surface area contributed by atoms with Crippen molar-refractivity contribution in [3.63, 3.8) is 0 Å². The number of ether oxygens (including phenoxy) is 1. The predicted octanol–water partition coefficient (Wildman–Crippen LogP) is 4.22. The van der Waals surface area contributed by atoms with Crippen molar-refractivity contribution >= 4 is 22.4 Å². The van der Waals surface area contributed by atoms with E-state index in [1.807, 2.05) is 28.8 Å². The van der Waals surface area contributed by atoms with Gasteiger partial charge >= 0.3 is 12.1 Å². The van der Waals surface area contributed by atoms with Crippen molar-refractivity contribution in [2.24, 2.45) is 0 Å².